The summed E-state index contributed by atoms with van der Waals surface area (Å²) >= 11 is 6.41. The summed E-state index contributed by atoms with van der Waals surface area (Å²) < 4.78 is 0. The molecular weight excluding hydrogens is 538 g/mol. The summed E-state index contributed by atoms with van der Waals surface area (Å²) in [6.45, 7) is 4.00. The molecule has 3 aromatic rings. The van der Waals surface area contributed by atoms with Crippen molar-refractivity contribution in [2.45, 2.75) is 50.5 Å². The Morgan fingerprint density at radius 3 is 2.37 bits per heavy atom. The average Bonchev–Trinajstić information content (AvgIpc) is 3.01. The lowest BCUT2D eigenvalue weighted by Crippen LogP contribution is -2.64. The van der Waals surface area contributed by atoms with Gasteiger partial charge in [0.2, 0.25) is 11.8 Å². The van der Waals surface area contributed by atoms with Gasteiger partial charge in [-0.1, -0.05) is 48.4 Å². The molecular formula is C32H38ClN5O3. The van der Waals surface area contributed by atoms with E-state index < -0.39 is 5.54 Å². The second-order valence-corrected chi connectivity index (χ2v) is 12.2. The smallest absolute Gasteiger partial charge is 0.272 e. The quantitative estimate of drug-likeness (QED) is 0.469. The van der Waals surface area contributed by atoms with Gasteiger partial charge in [0.25, 0.3) is 5.56 Å². The van der Waals surface area contributed by atoms with Crippen molar-refractivity contribution >= 4 is 40.0 Å². The first-order chi connectivity index (χ1) is 19.9. The number of nitrogens with two attached hydrogens (primary N) is 1. The number of hydrogen-bond acceptors (Lipinski definition) is 5. The van der Waals surface area contributed by atoms with Gasteiger partial charge in [-0.05, 0) is 75.4 Å². The normalized spacial score (nSPS) is 21.6. The van der Waals surface area contributed by atoms with Crippen LogP contribution in [0.3, 0.4) is 0 Å². The highest BCUT2D eigenvalue weighted by molar-refractivity contribution is 6.31. The van der Waals surface area contributed by atoms with Crippen molar-refractivity contribution in [2.75, 3.05) is 44.2 Å². The molecule has 9 heteroatoms. The van der Waals surface area contributed by atoms with Crippen molar-refractivity contribution in [3.63, 3.8) is 0 Å². The highest BCUT2D eigenvalue weighted by atomic mass is 35.5. The number of H-pyrrole nitrogens is 1. The lowest BCUT2D eigenvalue weighted by molar-refractivity contribution is -0.144. The molecule has 0 unspecified atom stereocenters. The summed E-state index contributed by atoms with van der Waals surface area (Å²) in [6.07, 6.45) is 6.09. The van der Waals surface area contributed by atoms with Crippen LogP contribution in [0.25, 0.3) is 22.0 Å². The number of carbonyl (C=O) groups excluding carboxylic acids is 2. The number of fused-ring (bicyclic) bond motifs is 1. The minimum Gasteiger partial charge on any atom is -0.368 e. The number of likely N-dealkylation sites (tertiary alicyclic amines) is 2. The highest BCUT2D eigenvalue weighted by Crippen LogP contribution is 2.38. The van der Waals surface area contributed by atoms with Gasteiger partial charge in [0.05, 0.1) is 5.92 Å². The number of rotatable bonds is 5. The molecule has 3 aliphatic rings. The van der Waals surface area contributed by atoms with Gasteiger partial charge in [-0.25, -0.2) is 0 Å². The summed E-state index contributed by atoms with van der Waals surface area (Å²) in [7, 11) is 0. The molecule has 0 spiro atoms. The van der Waals surface area contributed by atoms with Gasteiger partial charge in [-0.2, -0.15) is 0 Å². The number of carbonyl (C=O) groups is 2. The van der Waals surface area contributed by atoms with Crippen molar-refractivity contribution < 1.29 is 9.59 Å². The lowest BCUT2D eigenvalue weighted by atomic mass is 9.82. The second kappa shape index (κ2) is 11.5. The summed E-state index contributed by atoms with van der Waals surface area (Å²) in [6, 6.07) is 15.4. The summed E-state index contributed by atoms with van der Waals surface area (Å²) in [5.41, 5.74) is 8.24. The molecule has 2 aromatic carbocycles. The van der Waals surface area contributed by atoms with E-state index in [1.807, 2.05) is 47.4 Å². The van der Waals surface area contributed by atoms with Crippen LogP contribution in [0.15, 0.2) is 53.3 Å². The predicted molar refractivity (Wildman–Crippen MR) is 163 cm³/mol. The predicted octanol–water partition coefficient (Wildman–Crippen LogP) is 4.40. The van der Waals surface area contributed by atoms with Crippen LogP contribution in [0.5, 0.6) is 0 Å². The number of nitrogens with zero attached hydrogens (tertiary/aromatic N) is 3. The molecule has 216 valence electrons. The summed E-state index contributed by atoms with van der Waals surface area (Å²) in [4.78, 5) is 49.5. The number of benzene rings is 2. The minimum atomic E-state index is -0.653. The molecule has 4 heterocycles. The summed E-state index contributed by atoms with van der Waals surface area (Å²) in [5, 5.41) is 1.48. The van der Waals surface area contributed by atoms with Crippen LogP contribution in [0.4, 0.5) is 5.69 Å². The Kier molecular flexibility index (Phi) is 7.79. The summed E-state index contributed by atoms with van der Waals surface area (Å²) in [5.74, 6) is -0.384. The first kappa shape index (κ1) is 27.8. The van der Waals surface area contributed by atoms with Gasteiger partial charge in [-0.15, -0.1) is 0 Å². The van der Waals surface area contributed by atoms with E-state index in [0.717, 1.165) is 60.8 Å². The Bertz CT molecular complexity index is 1490. The molecule has 1 aromatic heterocycles. The Labute approximate surface area is 245 Å². The van der Waals surface area contributed by atoms with Crippen molar-refractivity contribution in [3.05, 3.63) is 63.9 Å². The molecule has 8 nitrogen and oxygen atoms in total. The maximum Gasteiger partial charge on any atom is 0.272 e. The van der Waals surface area contributed by atoms with Crippen LogP contribution in [0, 0.1) is 5.92 Å². The minimum absolute atomic E-state index is 0.105. The first-order valence-electron chi connectivity index (χ1n) is 14.9. The Morgan fingerprint density at radius 2 is 1.66 bits per heavy atom. The first-order valence-corrected chi connectivity index (χ1v) is 15.2. The largest absolute Gasteiger partial charge is 0.368 e. The molecule has 41 heavy (non-hydrogen) atoms. The third-order valence-electron chi connectivity index (χ3n) is 9.42. The van der Waals surface area contributed by atoms with Crippen molar-refractivity contribution in [1.82, 2.24) is 14.8 Å². The zero-order valence-corrected chi connectivity index (χ0v) is 24.2. The van der Waals surface area contributed by atoms with E-state index in [1.165, 1.54) is 6.42 Å². The number of piperidine rings is 3. The van der Waals surface area contributed by atoms with Crippen molar-refractivity contribution in [3.8, 4) is 11.1 Å². The molecule has 0 bridgehead atoms. The van der Waals surface area contributed by atoms with Gasteiger partial charge in [0.15, 0.2) is 0 Å². The number of primary amides is 1. The maximum absolute atomic E-state index is 13.9. The molecule has 3 N–H and O–H groups in total. The average molecular weight is 576 g/mol. The van der Waals surface area contributed by atoms with Crippen LogP contribution in [-0.4, -0.2) is 71.4 Å². The zero-order valence-electron chi connectivity index (χ0n) is 23.4. The van der Waals surface area contributed by atoms with Gasteiger partial charge in [-0.3, -0.25) is 19.3 Å². The number of hydrogen-bond donors (Lipinski definition) is 2. The van der Waals surface area contributed by atoms with Crippen LogP contribution in [0.1, 0.15) is 44.9 Å². The molecule has 0 aliphatic carbocycles. The Hall–Kier alpha value is -3.36. The number of anilines is 1. The van der Waals surface area contributed by atoms with Gasteiger partial charge < -0.3 is 20.5 Å². The van der Waals surface area contributed by atoms with Crippen LogP contribution in [-0.2, 0) is 9.59 Å². The highest BCUT2D eigenvalue weighted by Gasteiger charge is 2.46. The van der Waals surface area contributed by atoms with Crippen LogP contribution < -0.4 is 16.2 Å². The molecule has 3 saturated heterocycles. The fourth-order valence-corrected chi connectivity index (χ4v) is 7.40. The Morgan fingerprint density at radius 1 is 0.927 bits per heavy atom. The van der Waals surface area contributed by atoms with E-state index >= 15 is 0 Å². The standard InChI is InChI=1S/C32H38ClN5O3/c33-24-11-12-26-25(20-24)27(22-8-3-1-4-9-22)28(29(39)35-26)37-15-7-10-23(21-37)30(40)36-18-13-32(14-19-36,31(34)41)38-16-5-2-6-17-38/h1,3-4,8-9,11-12,20,23H,2,5-7,10,13-19,21H2,(H2,34,41)(H,35,39)/t23-/m1/s1. The fourth-order valence-electron chi connectivity index (χ4n) is 7.23. The van der Waals surface area contributed by atoms with Gasteiger partial charge in [0.1, 0.15) is 11.2 Å². The topological polar surface area (TPSA) is 103 Å². The van der Waals surface area contributed by atoms with Crippen LogP contribution in [0.2, 0.25) is 5.02 Å². The third-order valence-corrected chi connectivity index (χ3v) is 9.66. The van der Waals surface area contributed by atoms with E-state index in [2.05, 4.69) is 14.8 Å². The monoisotopic (exact) mass is 575 g/mol. The lowest BCUT2D eigenvalue weighted by Gasteiger charge is -2.48. The molecule has 3 aliphatic heterocycles. The molecule has 0 saturated carbocycles. The molecule has 0 radical (unpaired) electrons. The molecule has 6 rings (SSSR count). The number of pyridine rings is 1. The van der Waals surface area contributed by atoms with E-state index in [-0.39, 0.29) is 23.3 Å². The van der Waals surface area contributed by atoms with E-state index in [1.54, 1.807) is 6.07 Å². The maximum atomic E-state index is 13.9. The van der Waals surface area contributed by atoms with Gasteiger partial charge >= 0.3 is 0 Å². The second-order valence-electron chi connectivity index (χ2n) is 11.8. The SMILES string of the molecule is NC(=O)C1(N2CCCCC2)CCN(C(=O)[C@@H]2CCCN(c3c(-c4ccccc4)c4cc(Cl)ccc4[nH]c3=O)C2)CC1. The Balaban J connectivity index is 1.26. The molecule has 2 amide bonds. The molecule has 1 atom stereocenters. The number of amides is 2. The number of nitrogens with one attached hydrogen (secondary N) is 1. The zero-order chi connectivity index (χ0) is 28.6. The fraction of sp³-hybridized carbons (Fsp3) is 0.469. The van der Waals surface area contributed by atoms with Crippen molar-refractivity contribution in [2.24, 2.45) is 11.7 Å². The van der Waals surface area contributed by atoms with E-state index in [4.69, 9.17) is 17.3 Å². The van der Waals surface area contributed by atoms with Gasteiger partial charge in [0, 0.05) is 47.7 Å². The number of aromatic amines is 1. The number of halogens is 1. The van der Waals surface area contributed by atoms with E-state index in [9.17, 15) is 14.4 Å². The van der Waals surface area contributed by atoms with E-state index in [0.29, 0.717) is 49.7 Å². The third kappa shape index (κ3) is 5.24. The molecule has 3 fully saturated rings. The number of aromatic nitrogens is 1. The van der Waals surface area contributed by atoms with Crippen molar-refractivity contribution in [1.29, 1.82) is 0 Å². The van der Waals surface area contributed by atoms with Crippen LogP contribution >= 0.6 is 11.6 Å².